The number of carbonyl (C=O) groups excluding carboxylic acids is 2. The molecule has 2 amide bonds. The van der Waals surface area contributed by atoms with Crippen molar-refractivity contribution in [1.82, 2.24) is 14.8 Å². The molecular formula is C19H23N3O3S. The van der Waals surface area contributed by atoms with Gasteiger partial charge in [-0.05, 0) is 31.2 Å². The predicted molar refractivity (Wildman–Crippen MR) is 101 cm³/mol. The molecule has 0 aliphatic carbocycles. The van der Waals surface area contributed by atoms with Gasteiger partial charge in [0.2, 0.25) is 0 Å². The van der Waals surface area contributed by atoms with Gasteiger partial charge in [-0.3, -0.25) is 9.59 Å². The maximum atomic E-state index is 12.6. The topological polar surface area (TPSA) is 62.7 Å². The summed E-state index contributed by atoms with van der Waals surface area (Å²) >= 11 is 1.62. The van der Waals surface area contributed by atoms with E-state index in [1.807, 2.05) is 12.4 Å². The number of carbonyl (C=O) groups is 2. The van der Waals surface area contributed by atoms with Crippen molar-refractivity contribution in [3.05, 3.63) is 51.5 Å². The molecule has 1 aliphatic heterocycles. The van der Waals surface area contributed by atoms with E-state index in [2.05, 4.69) is 4.98 Å². The second-order valence-electron chi connectivity index (χ2n) is 6.32. The van der Waals surface area contributed by atoms with E-state index in [1.165, 1.54) is 4.88 Å². The van der Waals surface area contributed by atoms with Gasteiger partial charge in [-0.2, -0.15) is 0 Å². The SMILES string of the molecule is Cc1ncsc1CCN(C)C(=O)c1ccc(C(=O)N2CCOCC2)cc1. The first-order chi connectivity index (χ1) is 12.6. The average Bonchev–Trinajstić information content (AvgIpc) is 3.10. The minimum atomic E-state index is -0.0439. The second kappa shape index (κ2) is 8.42. The number of aryl methyl sites for hydroxylation is 1. The Morgan fingerprint density at radius 1 is 1.19 bits per heavy atom. The number of rotatable bonds is 5. The van der Waals surface area contributed by atoms with Crippen LogP contribution in [0.5, 0.6) is 0 Å². The molecule has 2 heterocycles. The van der Waals surface area contributed by atoms with Crippen molar-refractivity contribution in [2.45, 2.75) is 13.3 Å². The highest BCUT2D eigenvalue weighted by atomic mass is 32.1. The summed E-state index contributed by atoms with van der Waals surface area (Å²) in [6.45, 7) is 4.99. The molecule has 1 aromatic heterocycles. The quantitative estimate of drug-likeness (QED) is 0.806. The highest BCUT2D eigenvalue weighted by Crippen LogP contribution is 2.14. The number of aromatic nitrogens is 1. The van der Waals surface area contributed by atoms with Crippen LogP contribution < -0.4 is 0 Å². The number of benzene rings is 1. The van der Waals surface area contributed by atoms with Crippen LogP contribution in [0.3, 0.4) is 0 Å². The molecule has 2 aromatic rings. The maximum Gasteiger partial charge on any atom is 0.254 e. The van der Waals surface area contributed by atoms with Crippen LogP contribution in [-0.2, 0) is 11.2 Å². The molecule has 3 rings (SSSR count). The third kappa shape index (κ3) is 4.28. The summed E-state index contributed by atoms with van der Waals surface area (Å²) in [4.78, 5) is 34.0. The van der Waals surface area contributed by atoms with Crippen molar-refractivity contribution in [1.29, 1.82) is 0 Å². The van der Waals surface area contributed by atoms with Crippen LogP contribution in [-0.4, -0.2) is 66.5 Å². The van der Waals surface area contributed by atoms with E-state index in [4.69, 9.17) is 4.74 Å². The second-order valence-corrected chi connectivity index (χ2v) is 7.26. The van der Waals surface area contributed by atoms with Crippen LogP contribution in [0.4, 0.5) is 0 Å². The van der Waals surface area contributed by atoms with Crippen LogP contribution in [0, 0.1) is 6.92 Å². The Hall–Kier alpha value is -2.25. The zero-order valence-corrected chi connectivity index (χ0v) is 15.9. The molecule has 6 nitrogen and oxygen atoms in total. The van der Waals surface area contributed by atoms with Crippen LogP contribution in [0.2, 0.25) is 0 Å². The summed E-state index contributed by atoms with van der Waals surface area (Å²) in [6, 6.07) is 6.91. The lowest BCUT2D eigenvalue weighted by Crippen LogP contribution is -2.40. The molecule has 0 bridgehead atoms. The number of amides is 2. The lowest BCUT2D eigenvalue weighted by molar-refractivity contribution is 0.0303. The summed E-state index contributed by atoms with van der Waals surface area (Å²) in [6.07, 6.45) is 0.798. The molecule has 1 saturated heterocycles. The van der Waals surface area contributed by atoms with Crippen molar-refractivity contribution >= 4 is 23.2 Å². The zero-order chi connectivity index (χ0) is 18.5. The lowest BCUT2D eigenvalue weighted by Gasteiger charge is -2.27. The summed E-state index contributed by atoms with van der Waals surface area (Å²) in [5.41, 5.74) is 4.05. The number of thiazole rings is 1. The van der Waals surface area contributed by atoms with Gasteiger partial charge in [0, 0.05) is 49.1 Å². The highest BCUT2D eigenvalue weighted by molar-refractivity contribution is 7.09. The van der Waals surface area contributed by atoms with Gasteiger partial charge in [-0.25, -0.2) is 4.98 Å². The Morgan fingerprint density at radius 2 is 1.85 bits per heavy atom. The van der Waals surface area contributed by atoms with Crippen molar-refractivity contribution in [3.8, 4) is 0 Å². The number of ether oxygens (including phenoxy) is 1. The molecule has 1 aromatic carbocycles. The van der Waals surface area contributed by atoms with Crippen LogP contribution in [0.1, 0.15) is 31.3 Å². The van der Waals surface area contributed by atoms with Gasteiger partial charge in [-0.15, -0.1) is 11.3 Å². The largest absolute Gasteiger partial charge is 0.378 e. The van der Waals surface area contributed by atoms with Gasteiger partial charge < -0.3 is 14.5 Å². The molecule has 26 heavy (non-hydrogen) atoms. The van der Waals surface area contributed by atoms with E-state index >= 15 is 0 Å². The minimum absolute atomic E-state index is 0.0127. The lowest BCUT2D eigenvalue weighted by atomic mass is 10.1. The molecule has 0 atom stereocenters. The fraction of sp³-hybridized carbons (Fsp3) is 0.421. The number of hydrogen-bond acceptors (Lipinski definition) is 5. The average molecular weight is 373 g/mol. The Bertz CT molecular complexity index is 767. The Morgan fingerprint density at radius 3 is 2.46 bits per heavy atom. The zero-order valence-electron chi connectivity index (χ0n) is 15.1. The van der Waals surface area contributed by atoms with E-state index in [-0.39, 0.29) is 11.8 Å². The monoisotopic (exact) mass is 373 g/mol. The smallest absolute Gasteiger partial charge is 0.254 e. The van der Waals surface area contributed by atoms with Crippen molar-refractivity contribution in [2.75, 3.05) is 39.9 Å². The van der Waals surface area contributed by atoms with Gasteiger partial charge in [-0.1, -0.05) is 0 Å². The standard InChI is InChI=1S/C19H23N3O3S/c1-14-17(26-13-20-14)7-8-21(2)18(23)15-3-5-16(6-4-15)19(24)22-9-11-25-12-10-22/h3-6,13H,7-12H2,1-2H3. The Balaban J connectivity index is 1.59. The van der Waals surface area contributed by atoms with Crippen molar-refractivity contribution in [3.63, 3.8) is 0 Å². The van der Waals surface area contributed by atoms with E-state index < -0.39 is 0 Å². The number of hydrogen-bond donors (Lipinski definition) is 0. The number of nitrogens with zero attached hydrogens (tertiary/aromatic N) is 3. The molecule has 1 fully saturated rings. The molecular weight excluding hydrogens is 350 g/mol. The third-order valence-electron chi connectivity index (χ3n) is 4.54. The number of morpholine rings is 1. The summed E-state index contributed by atoms with van der Waals surface area (Å²) in [5.74, 6) is -0.0566. The van der Waals surface area contributed by atoms with Crippen LogP contribution >= 0.6 is 11.3 Å². The first kappa shape index (κ1) is 18.5. The first-order valence-electron chi connectivity index (χ1n) is 8.68. The fourth-order valence-corrected chi connectivity index (χ4v) is 3.63. The first-order valence-corrected chi connectivity index (χ1v) is 9.55. The minimum Gasteiger partial charge on any atom is -0.378 e. The van der Waals surface area contributed by atoms with E-state index in [1.54, 1.807) is 52.4 Å². The normalized spacial score (nSPS) is 14.3. The van der Waals surface area contributed by atoms with Gasteiger partial charge in [0.25, 0.3) is 11.8 Å². The Kier molecular flexibility index (Phi) is 6.00. The molecule has 0 N–H and O–H groups in total. The fourth-order valence-electron chi connectivity index (χ4n) is 2.86. The molecule has 0 unspecified atom stereocenters. The van der Waals surface area contributed by atoms with Crippen LogP contribution in [0.25, 0.3) is 0 Å². The molecule has 138 valence electrons. The van der Waals surface area contributed by atoms with Gasteiger partial charge in [0.1, 0.15) is 0 Å². The summed E-state index contributed by atoms with van der Waals surface area (Å²) in [5, 5.41) is 0. The molecule has 0 spiro atoms. The molecule has 0 saturated carbocycles. The van der Waals surface area contributed by atoms with Gasteiger partial charge >= 0.3 is 0 Å². The number of likely N-dealkylation sites (N-methyl/N-ethyl adjacent to an activating group) is 1. The van der Waals surface area contributed by atoms with E-state index in [0.717, 1.165) is 12.1 Å². The van der Waals surface area contributed by atoms with Crippen molar-refractivity contribution < 1.29 is 14.3 Å². The van der Waals surface area contributed by atoms with E-state index in [9.17, 15) is 9.59 Å². The predicted octanol–water partition coefficient (Wildman–Crippen LogP) is 2.24. The summed E-state index contributed by atoms with van der Waals surface area (Å²) in [7, 11) is 1.80. The van der Waals surface area contributed by atoms with Crippen molar-refractivity contribution in [2.24, 2.45) is 0 Å². The maximum absolute atomic E-state index is 12.6. The molecule has 1 aliphatic rings. The Labute approximate surface area is 157 Å². The highest BCUT2D eigenvalue weighted by Gasteiger charge is 2.19. The molecule has 7 heteroatoms. The van der Waals surface area contributed by atoms with Gasteiger partial charge in [0.05, 0.1) is 24.4 Å². The van der Waals surface area contributed by atoms with Gasteiger partial charge in [0.15, 0.2) is 0 Å². The molecule has 0 radical (unpaired) electrons. The van der Waals surface area contributed by atoms with E-state index in [0.29, 0.717) is 44.0 Å². The van der Waals surface area contributed by atoms with Crippen LogP contribution in [0.15, 0.2) is 29.8 Å². The summed E-state index contributed by atoms with van der Waals surface area (Å²) < 4.78 is 5.27. The third-order valence-corrected chi connectivity index (χ3v) is 5.54.